The van der Waals surface area contributed by atoms with E-state index in [-0.39, 0.29) is 18.1 Å². The van der Waals surface area contributed by atoms with Crippen molar-refractivity contribution < 1.29 is 14.3 Å². The smallest absolute Gasteiger partial charge is 0.192 e. The van der Waals surface area contributed by atoms with Crippen molar-refractivity contribution in [1.82, 2.24) is 14.8 Å². The van der Waals surface area contributed by atoms with Crippen LogP contribution in [0.4, 0.5) is 0 Å². The van der Waals surface area contributed by atoms with Gasteiger partial charge < -0.3 is 9.47 Å². The molecule has 6 nitrogen and oxygen atoms in total. The topological polar surface area (TPSA) is 66.2 Å². The van der Waals surface area contributed by atoms with Gasteiger partial charge in [-0.3, -0.25) is 9.36 Å². The predicted octanol–water partition coefficient (Wildman–Crippen LogP) is 5.28. The molecule has 4 rings (SSSR count). The van der Waals surface area contributed by atoms with Crippen molar-refractivity contribution in [2.24, 2.45) is 0 Å². The van der Waals surface area contributed by atoms with Crippen molar-refractivity contribution >= 4 is 17.5 Å². The molecule has 0 N–H and O–H groups in total. The molecule has 168 valence electrons. The van der Waals surface area contributed by atoms with Gasteiger partial charge in [-0.2, -0.15) is 0 Å². The maximum absolute atomic E-state index is 12.7. The van der Waals surface area contributed by atoms with E-state index < -0.39 is 0 Å². The van der Waals surface area contributed by atoms with Gasteiger partial charge in [-0.25, -0.2) is 0 Å². The SMILES string of the molecule is CCOc1ccc(C(=O)CSc2nnc(COc3ccccc3)n2Cc2ccccc2)cc1. The van der Waals surface area contributed by atoms with Crippen LogP contribution in [0.5, 0.6) is 11.5 Å². The summed E-state index contributed by atoms with van der Waals surface area (Å²) in [6, 6.07) is 26.9. The molecule has 4 aromatic rings. The Bertz CT molecular complexity index is 1160. The first-order chi connectivity index (χ1) is 16.2. The molecular weight excluding hydrogens is 434 g/mol. The molecule has 0 saturated heterocycles. The first-order valence-corrected chi connectivity index (χ1v) is 11.7. The van der Waals surface area contributed by atoms with Crippen LogP contribution in [0.1, 0.15) is 28.7 Å². The molecule has 0 atom stereocenters. The molecule has 0 saturated carbocycles. The number of nitrogens with zero attached hydrogens (tertiary/aromatic N) is 3. The van der Waals surface area contributed by atoms with Crippen LogP contribution in [-0.4, -0.2) is 32.9 Å². The first kappa shape index (κ1) is 22.6. The number of para-hydroxylation sites is 1. The fourth-order valence-corrected chi connectivity index (χ4v) is 4.09. The van der Waals surface area contributed by atoms with Crippen molar-refractivity contribution in [2.75, 3.05) is 12.4 Å². The van der Waals surface area contributed by atoms with Crippen molar-refractivity contribution in [1.29, 1.82) is 0 Å². The van der Waals surface area contributed by atoms with E-state index in [1.165, 1.54) is 11.8 Å². The van der Waals surface area contributed by atoms with Crippen molar-refractivity contribution in [3.63, 3.8) is 0 Å². The molecule has 1 aromatic heterocycles. The minimum absolute atomic E-state index is 0.0272. The van der Waals surface area contributed by atoms with E-state index in [9.17, 15) is 4.79 Å². The molecule has 0 fully saturated rings. The summed E-state index contributed by atoms with van der Waals surface area (Å²) < 4.78 is 13.4. The number of carbonyl (C=O) groups excluding carboxylic acids is 1. The second kappa shape index (κ2) is 11.3. The van der Waals surface area contributed by atoms with Crippen molar-refractivity contribution in [2.45, 2.75) is 25.2 Å². The van der Waals surface area contributed by atoms with Gasteiger partial charge in [-0.05, 0) is 48.9 Å². The van der Waals surface area contributed by atoms with Crippen LogP contribution >= 0.6 is 11.8 Å². The molecule has 7 heteroatoms. The Kier molecular flexibility index (Phi) is 7.76. The lowest BCUT2D eigenvalue weighted by Crippen LogP contribution is -2.10. The Labute approximate surface area is 197 Å². The van der Waals surface area contributed by atoms with E-state index >= 15 is 0 Å². The largest absolute Gasteiger partial charge is 0.494 e. The van der Waals surface area contributed by atoms with E-state index in [1.807, 2.05) is 72.2 Å². The monoisotopic (exact) mass is 459 g/mol. The lowest BCUT2D eigenvalue weighted by Gasteiger charge is -2.11. The zero-order valence-corrected chi connectivity index (χ0v) is 19.2. The Morgan fingerprint density at radius 3 is 2.21 bits per heavy atom. The highest BCUT2D eigenvalue weighted by Gasteiger charge is 2.16. The van der Waals surface area contributed by atoms with E-state index in [0.29, 0.717) is 29.7 Å². The summed E-state index contributed by atoms with van der Waals surface area (Å²) in [5, 5.41) is 9.39. The number of Topliss-reactive ketones (excluding diaryl/α,β-unsaturated/α-hetero) is 1. The molecule has 0 aliphatic rings. The van der Waals surface area contributed by atoms with Crippen LogP contribution < -0.4 is 9.47 Å². The Morgan fingerprint density at radius 1 is 0.848 bits per heavy atom. The molecule has 0 bridgehead atoms. The highest BCUT2D eigenvalue weighted by Crippen LogP contribution is 2.22. The van der Waals surface area contributed by atoms with E-state index in [0.717, 1.165) is 17.1 Å². The third-order valence-corrected chi connectivity index (χ3v) is 5.87. The quantitative estimate of drug-likeness (QED) is 0.225. The average Bonchev–Trinajstić information content (AvgIpc) is 3.24. The molecule has 1 heterocycles. The first-order valence-electron chi connectivity index (χ1n) is 10.8. The third kappa shape index (κ3) is 6.23. The summed E-state index contributed by atoms with van der Waals surface area (Å²) in [4.78, 5) is 12.7. The number of ketones is 1. The number of hydrogen-bond acceptors (Lipinski definition) is 6. The zero-order chi connectivity index (χ0) is 22.9. The summed E-state index contributed by atoms with van der Waals surface area (Å²) in [5.41, 5.74) is 1.77. The van der Waals surface area contributed by atoms with Gasteiger partial charge in [0.05, 0.1) is 18.9 Å². The predicted molar refractivity (Wildman–Crippen MR) is 129 cm³/mol. The van der Waals surface area contributed by atoms with Crippen molar-refractivity contribution in [3.05, 3.63) is 102 Å². The number of hydrogen-bond donors (Lipinski definition) is 0. The van der Waals surface area contributed by atoms with Crippen LogP contribution in [0.3, 0.4) is 0 Å². The molecule has 0 aliphatic heterocycles. The Morgan fingerprint density at radius 2 is 1.52 bits per heavy atom. The second-order valence-electron chi connectivity index (χ2n) is 7.24. The highest BCUT2D eigenvalue weighted by molar-refractivity contribution is 7.99. The molecule has 0 spiro atoms. The summed E-state index contributed by atoms with van der Waals surface area (Å²) in [5.74, 6) is 2.53. The number of aromatic nitrogens is 3. The van der Waals surface area contributed by atoms with Gasteiger partial charge in [0.1, 0.15) is 18.1 Å². The molecule has 3 aromatic carbocycles. The molecule has 0 aliphatic carbocycles. The van der Waals surface area contributed by atoms with E-state index in [4.69, 9.17) is 9.47 Å². The maximum Gasteiger partial charge on any atom is 0.192 e. The summed E-state index contributed by atoms with van der Waals surface area (Å²) in [6.45, 7) is 3.41. The summed E-state index contributed by atoms with van der Waals surface area (Å²) >= 11 is 1.38. The number of rotatable bonds is 11. The number of benzene rings is 3. The van der Waals surface area contributed by atoms with Crippen LogP contribution in [0.25, 0.3) is 0 Å². The highest BCUT2D eigenvalue weighted by atomic mass is 32.2. The van der Waals surface area contributed by atoms with Gasteiger partial charge in [-0.15, -0.1) is 10.2 Å². The summed E-state index contributed by atoms with van der Waals surface area (Å²) in [6.07, 6.45) is 0. The fraction of sp³-hybridized carbons (Fsp3) is 0.192. The number of carbonyl (C=O) groups is 1. The van der Waals surface area contributed by atoms with Gasteiger partial charge >= 0.3 is 0 Å². The maximum atomic E-state index is 12.7. The fourth-order valence-electron chi connectivity index (χ4n) is 3.24. The Hall–Kier alpha value is -3.58. The van der Waals surface area contributed by atoms with Gasteiger partial charge in [0.15, 0.2) is 16.8 Å². The third-order valence-electron chi connectivity index (χ3n) is 4.91. The average molecular weight is 460 g/mol. The normalized spacial score (nSPS) is 10.7. The number of thioether (sulfide) groups is 1. The van der Waals surface area contributed by atoms with Crippen LogP contribution in [-0.2, 0) is 13.2 Å². The minimum atomic E-state index is 0.0272. The molecule has 0 amide bonds. The standard InChI is InChI=1S/C26H25N3O3S/c1-2-31-23-15-13-21(14-16-23)24(30)19-33-26-28-27-25(18-32-22-11-7-4-8-12-22)29(26)17-20-9-5-3-6-10-20/h3-16H,2,17-19H2,1H3. The van der Waals surface area contributed by atoms with Crippen molar-refractivity contribution in [3.8, 4) is 11.5 Å². The van der Waals surface area contributed by atoms with E-state index in [1.54, 1.807) is 12.1 Å². The van der Waals surface area contributed by atoms with Gasteiger partial charge in [0, 0.05) is 5.56 Å². The van der Waals surface area contributed by atoms with Gasteiger partial charge in [-0.1, -0.05) is 60.3 Å². The van der Waals surface area contributed by atoms with E-state index in [2.05, 4.69) is 22.3 Å². The zero-order valence-electron chi connectivity index (χ0n) is 18.4. The minimum Gasteiger partial charge on any atom is -0.494 e. The summed E-state index contributed by atoms with van der Waals surface area (Å²) in [7, 11) is 0. The number of ether oxygens (including phenoxy) is 2. The molecule has 0 unspecified atom stereocenters. The molecule has 0 radical (unpaired) electrons. The molecule has 33 heavy (non-hydrogen) atoms. The van der Waals surface area contributed by atoms with Crippen LogP contribution in [0, 0.1) is 0 Å². The molecular formula is C26H25N3O3S. The lowest BCUT2D eigenvalue weighted by molar-refractivity contribution is 0.102. The second-order valence-corrected chi connectivity index (χ2v) is 8.18. The van der Waals surface area contributed by atoms with Crippen LogP contribution in [0.15, 0.2) is 90.1 Å². The van der Waals surface area contributed by atoms with Gasteiger partial charge in [0.2, 0.25) is 0 Å². The lowest BCUT2D eigenvalue weighted by atomic mass is 10.1. The van der Waals surface area contributed by atoms with Gasteiger partial charge in [0.25, 0.3) is 0 Å². The van der Waals surface area contributed by atoms with Crippen LogP contribution in [0.2, 0.25) is 0 Å². The Balaban J connectivity index is 1.47.